The van der Waals surface area contributed by atoms with Crippen LogP contribution >= 0.6 is 0 Å². The lowest BCUT2D eigenvalue weighted by Gasteiger charge is -2.38. The van der Waals surface area contributed by atoms with Crippen molar-refractivity contribution in [2.45, 2.75) is 32.6 Å². The molecule has 1 aliphatic heterocycles. The second-order valence-corrected chi connectivity index (χ2v) is 5.04. The third kappa shape index (κ3) is 1.80. The molecule has 1 aliphatic rings. The van der Waals surface area contributed by atoms with E-state index in [1.165, 1.54) is 0 Å². The van der Waals surface area contributed by atoms with Gasteiger partial charge < -0.3 is 4.90 Å². The monoisotopic (exact) mass is 228 g/mol. The summed E-state index contributed by atoms with van der Waals surface area (Å²) in [6, 6.07) is 7.74. The third-order valence-electron chi connectivity index (χ3n) is 3.36. The quantitative estimate of drug-likeness (QED) is 0.741. The van der Waals surface area contributed by atoms with Gasteiger partial charge in [-0.15, -0.1) is 0 Å². The summed E-state index contributed by atoms with van der Waals surface area (Å²) in [6.45, 7) is 6.75. The van der Waals surface area contributed by atoms with Crippen molar-refractivity contribution in [3.8, 4) is 6.07 Å². The number of nitrogens with zero attached hydrogens (tertiary/aromatic N) is 2. The van der Waals surface area contributed by atoms with Gasteiger partial charge in [0.1, 0.15) is 0 Å². The Hall–Kier alpha value is -1.82. The molecule has 0 unspecified atom stereocenters. The van der Waals surface area contributed by atoms with Gasteiger partial charge >= 0.3 is 0 Å². The Kier molecular flexibility index (Phi) is 2.66. The number of anilines is 1. The van der Waals surface area contributed by atoms with E-state index in [-0.39, 0.29) is 11.3 Å². The highest BCUT2D eigenvalue weighted by Gasteiger charge is 2.35. The molecule has 3 heteroatoms. The summed E-state index contributed by atoms with van der Waals surface area (Å²) in [5, 5.41) is 8.94. The number of carbonyl (C=O) groups excluding carboxylic acids is 1. The summed E-state index contributed by atoms with van der Waals surface area (Å²) in [4.78, 5) is 13.8. The predicted molar refractivity (Wildman–Crippen MR) is 66.8 cm³/mol. The summed E-state index contributed by atoms with van der Waals surface area (Å²) in [6.07, 6.45) is 0.528. The van der Waals surface area contributed by atoms with Gasteiger partial charge in [0.15, 0.2) is 0 Å². The Bertz CT molecular complexity index is 511. The van der Waals surface area contributed by atoms with Crippen LogP contribution < -0.4 is 4.90 Å². The summed E-state index contributed by atoms with van der Waals surface area (Å²) in [7, 11) is 0. The number of nitriles is 1. The van der Waals surface area contributed by atoms with Crippen LogP contribution in [-0.4, -0.2) is 12.5 Å². The van der Waals surface area contributed by atoms with E-state index in [2.05, 4.69) is 19.9 Å². The van der Waals surface area contributed by atoms with Crippen LogP contribution in [0.4, 0.5) is 5.69 Å². The van der Waals surface area contributed by atoms with Gasteiger partial charge in [-0.3, -0.25) is 4.79 Å². The van der Waals surface area contributed by atoms with Gasteiger partial charge in [0.2, 0.25) is 5.91 Å². The molecule has 0 spiro atoms. The molecule has 0 radical (unpaired) electrons. The average molecular weight is 228 g/mol. The van der Waals surface area contributed by atoms with Crippen molar-refractivity contribution in [3.05, 3.63) is 29.3 Å². The second-order valence-electron chi connectivity index (χ2n) is 5.04. The van der Waals surface area contributed by atoms with E-state index >= 15 is 0 Å². The zero-order valence-electron chi connectivity index (χ0n) is 10.4. The van der Waals surface area contributed by atoms with Crippen molar-refractivity contribution in [2.75, 3.05) is 11.4 Å². The maximum atomic E-state index is 12.0. The zero-order valence-corrected chi connectivity index (χ0v) is 10.4. The summed E-state index contributed by atoms with van der Waals surface area (Å²) in [5.41, 5.74) is 2.50. The predicted octanol–water partition coefficient (Wildman–Crippen LogP) is 2.59. The maximum absolute atomic E-state index is 12.0. The first-order valence-corrected chi connectivity index (χ1v) is 5.84. The molecular formula is C14H16N2O. The van der Waals surface area contributed by atoms with E-state index in [0.717, 1.165) is 11.3 Å². The van der Waals surface area contributed by atoms with Gasteiger partial charge in [-0.25, -0.2) is 0 Å². The Morgan fingerprint density at radius 1 is 1.47 bits per heavy atom. The number of amides is 1. The molecule has 2 rings (SSSR count). The smallest absolute Gasteiger partial charge is 0.227 e. The minimum Gasteiger partial charge on any atom is -0.312 e. The second kappa shape index (κ2) is 3.89. The van der Waals surface area contributed by atoms with E-state index in [4.69, 9.17) is 5.26 Å². The third-order valence-corrected chi connectivity index (χ3v) is 3.36. The molecule has 1 amide bonds. The fourth-order valence-corrected chi connectivity index (χ4v) is 2.45. The minimum absolute atomic E-state index is 0.139. The van der Waals surface area contributed by atoms with E-state index < -0.39 is 0 Å². The number of benzene rings is 1. The Balaban J connectivity index is 2.64. The first kappa shape index (κ1) is 11.7. The Labute approximate surface area is 102 Å². The molecule has 3 nitrogen and oxygen atoms in total. The van der Waals surface area contributed by atoms with Crippen molar-refractivity contribution in [1.29, 1.82) is 5.26 Å². The number of rotatable bonds is 1. The largest absolute Gasteiger partial charge is 0.312 e. The van der Waals surface area contributed by atoms with E-state index in [9.17, 15) is 4.79 Å². The van der Waals surface area contributed by atoms with Crippen molar-refractivity contribution in [1.82, 2.24) is 0 Å². The van der Waals surface area contributed by atoms with Gasteiger partial charge in [-0.05, 0) is 24.6 Å². The molecule has 17 heavy (non-hydrogen) atoms. The normalized spacial score (nSPS) is 17.5. The lowest BCUT2D eigenvalue weighted by molar-refractivity contribution is -0.120. The van der Waals surface area contributed by atoms with Crippen LogP contribution in [0.15, 0.2) is 18.2 Å². The van der Waals surface area contributed by atoms with E-state index in [0.29, 0.717) is 18.5 Å². The highest BCUT2D eigenvalue weighted by atomic mass is 16.2. The van der Waals surface area contributed by atoms with Crippen LogP contribution in [0.2, 0.25) is 0 Å². The number of hydrogen-bond acceptors (Lipinski definition) is 2. The maximum Gasteiger partial charge on any atom is 0.227 e. The van der Waals surface area contributed by atoms with Gasteiger partial charge in [0.05, 0.1) is 11.6 Å². The van der Waals surface area contributed by atoms with Crippen molar-refractivity contribution < 1.29 is 4.79 Å². The standard InChI is InChI=1S/C14H16N2O/c1-4-16-12-7-10(9-15)5-6-11(12)14(2,3)8-13(16)17/h5-7H,4,8H2,1-3H3. The molecule has 0 fully saturated rings. The summed E-state index contributed by atoms with van der Waals surface area (Å²) >= 11 is 0. The van der Waals surface area contributed by atoms with Crippen LogP contribution in [0.25, 0.3) is 0 Å². The molecule has 0 bridgehead atoms. The molecule has 0 N–H and O–H groups in total. The van der Waals surface area contributed by atoms with Crippen LogP contribution in [0, 0.1) is 11.3 Å². The summed E-state index contributed by atoms with van der Waals surface area (Å²) < 4.78 is 0. The van der Waals surface area contributed by atoms with Gasteiger partial charge in [0, 0.05) is 24.1 Å². The van der Waals surface area contributed by atoms with Crippen molar-refractivity contribution >= 4 is 11.6 Å². The fraction of sp³-hybridized carbons (Fsp3) is 0.429. The molecule has 1 aromatic rings. The van der Waals surface area contributed by atoms with Crippen molar-refractivity contribution in [2.24, 2.45) is 0 Å². The Morgan fingerprint density at radius 3 is 2.76 bits per heavy atom. The highest BCUT2D eigenvalue weighted by molar-refractivity contribution is 5.98. The van der Waals surface area contributed by atoms with E-state index in [1.807, 2.05) is 25.1 Å². The van der Waals surface area contributed by atoms with E-state index in [1.54, 1.807) is 4.90 Å². The van der Waals surface area contributed by atoms with Crippen LogP contribution in [0.5, 0.6) is 0 Å². The van der Waals surface area contributed by atoms with Gasteiger partial charge in [0.25, 0.3) is 0 Å². The molecular weight excluding hydrogens is 212 g/mol. The molecule has 1 aromatic carbocycles. The molecule has 0 aromatic heterocycles. The molecule has 0 saturated heterocycles. The lowest BCUT2D eigenvalue weighted by atomic mass is 9.77. The molecule has 0 saturated carbocycles. The van der Waals surface area contributed by atoms with Gasteiger partial charge in [-0.2, -0.15) is 5.26 Å². The first-order valence-electron chi connectivity index (χ1n) is 5.84. The van der Waals surface area contributed by atoms with Crippen molar-refractivity contribution in [3.63, 3.8) is 0 Å². The lowest BCUT2D eigenvalue weighted by Crippen LogP contribution is -2.41. The van der Waals surface area contributed by atoms with Crippen LogP contribution in [0.1, 0.15) is 38.3 Å². The number of hydrogen-bond donors (Lipinski definition) is 0. The topological polar surface area (TPSA) is 44.1 Å². The Morgan fingerprint density at radius 2 is 2.18 bits per heavy atom. The minimum atomic E-state index is -0.147. The first-order chi connectivity index (χ1) is 7.99. The highest BCUT2D eigenvalue weighted by Crippen LogP contribution is 2.40. The fourth-order valence-electron chi connectivity index (χ4n) is 2.45. The zero-order chi connectivity index (χ0) is 12.6. The molecule has 0 atom stereocenters. The number of carbonyl (C=O) groups is 1. The average Bonchev–Trinajstić information content (AvgIpc) is 2.28. The molecule has 0 aliphatic carbocycles. The number of fused-ring (bicyclic) bond motifs is 1. The molecule has 1 heterocycles. The summed E-state index contributed by atoms with van der Waals surface area (Å²) in [5.74, 6) is 0.139. The SMILES string of the molecule is CCN1C(=O)CC(C)(C)c2ccc(C#N)cc21. The molecule has 88 valence electrons. The van der Waals surface area contributed by atoms with Crippen LogP contribution in [0.3, 0.4) is 0 Å². The van der Waals surface area contributed by atoms with Gasteiger partial charge in [-0.1, -0.05) is 19.9 Å². The van der Waals surface area contributed by atoms with Crippen LogP contribution in [-0.2, 0) is 10.2 Å².